The zero-order chi connectivity index (χ0) is 18.9. The molecule has 2 heterocycles. The highest BCUT2D eigenvalue weighted by molar-refractivity contribution is 7.89. The van der Waals surface area contributed by atoms with Crippen LogP contribution in [0.3, 0.4) is 0 Å². The number of hydrogen-bond donors (Lipinski definition) is 2. The van der Waals surface area contributed by atoms with Crippen LogP contribution in [0.1, 0.15) is 11.4 Å². The van der Waals surface area contributed by atoms with Gasteiger partial charge in [0, 0.05) is 12.2 Å². The topological polar surface area (TPSA) is 114 Å². The van der Waals surface area contributed by atoms with E-state index in [0.717, 1.165) is 0 Å². The number of carbonyl (C=O) groups excluding carboxylic acids is 1. The summed E-state index contributed by atoms with van der Waals surface area (Å²) < 4.78 is 37.8. The normalized spacial score (nSPS) is 17.4. The first-order valence-corrected chi connectivity index (χ1v) is 9.43. The molecule has 3 rings (SSSR count). The Morgan fingerprint density at radius 3 is 2.62 bits per heavy atom. The second-order valence-electron chi connectivity index (χ2n) is 5.93. The van der Waals surface area contributed by atoms with E-state index in [9.17, 15) is 13.2 Å². The molecule has 0 bridgehead atoms. The van der Waals surface area contributed by atoms with E-state index in [4.69, 9.17) is 9.47 Å². The van der Waals surface area contributed by atoms with Crippen LogP contribution in [0.5, 0.6) is 5.75 Å². The van der Waals surface area contributed by atoms with Crippen molar-refractivity contribution in [3.05, 3.63) is 35.7 Å². The van der Waals surface area contributed by atoms with E-state index in [1.807, 2.05) is 0 Å². The van der Waals surface area contributed by atoms with Crippen molar-refractivity contribution in [3.63, 3.8) is 0 Å². The molecule has 1 aromatic carbocycles. The van der Waals surface area contributed by atoms with Gasteiger partial charge in [-0.2, -0.15) is 5.10 Å². The van der Waals surface area contributed by atoms with E-state index in [2.05, 4.69) is 14.9 Å². The number of anilines is 1. The van der Waals surface area contributed by atoms with Crippen molar-refractivity contribution in [2.24, 2.45) is 0 Å². The maximum atomic E-state index is 12.5. The summed E-state index contributed by atoms with van der Waals surface area (Å²) in [5, 5.41) is 6.54. The molecule has 0 spiro atoms. The van der Waals surface area contributed by atoms with Gasteiger partial charge in [0.25, 0.3) is 0 Å². The van der Waals surface area contributed by atoms with E-state index in [1.165, 1.54) is 4.90 Å². The number of nitrogens with zero attached hydrogens (tertiary/aromatic N) is 2. The van der Waals surface area contributed by atoms with E-state index in [1.54, 1.807) is 45.2 Å². The molecule has 1 unspecified atom stereocenters. The van der Waals surface area contributed by atoms with Crippen LogP contribution in [-0.2, 0) is 14.8 Å². The quantitative estimate of drug-likeness (QED) is 0.782. The minimum atomic E-state index is -3.74. The Balaban J connectivity index is 1.66. The Labute approximate surface area is 151 Å². The van der Waals surface area contributed by atoms with Crippen LogP contribution < -0.4 is 14.4 Å². The molecule has 1 aliphatic rings. The van der Waals surface area contributed by atoms with Gasteiger partial charge >= 0.3 is 6.09 Å². The number of nitrogens with one attached hydrogen (secondary N) is 2. The number of methoxy groups -OCH3 is 1. The fourth-order valence-corrected chi connectivity index (χ4v) is 4.25. The molecule has 1 atom stereocenters. The van der Waals surface area contributed by atoms with Crippen molar-refractivity contribution in [2.75, 3.05) is 25.1 Å². The van der Waals surface area contributed by atoms with Crippen LogP contribution in [0.15, 0.2) is 29.2 Å². The second kappa shape index (κ2) is 6.96. The molecule has 9 nitrogen and oxygen atoms in total. The lowest BCUT2D eigenvalue weighted by atomic mass is 10.2. The number of hydrogen-bond acceptors (Lipinski definition) is 6. The summed E-state index contributed by atoms with van der Waals surface area (Å²) in [6, 6.07) is 6.96. The van der Waals surface area contributed by atoms with E-state index < -0.39 is 22.2 Å². The predicted octanol–water partition coefficient (Wildman–Crippen LogP) is 1.34. The van der Waals surface area contributed by atoms with Gasteiger partial charge in [0.15, 0.2) is 0 Å². The van der Waals surface area contributed by atoms with Gasteiger partial charge in [0.05, 0.1) is 25.0 Å². The summed E-state index contributed by atoms with van der Waals surface area (Å²) in [4.78, 5) is 13.7. The SMILES string of the molecule is COc1ccc(N2CC(CNS(=O)(=O)c3c(C)n[nH]c3C)OC2=O)cc1. The molecule has 0 radical (unpaired) electrons. The molecule has 1 fully saturated rings. The van der Waals surface area contributed by atoms with Crippen molar-refractivity contribution < 1.29 is 22.7 Å². The molecule has 1 aromatic heterocycles. The van der Waals surface area contributed by atoms with Gasteiger partial charge < -0.3 is 9.47 Å². The van der Waals surface area contributed by atoms with Crippen LogP contribution in [0.4, 0.5) is 10.5 Å². The maximum Gasteiger partial charge on any atom is 0.414 e. The lowest BCUT2D eigenvalue weighted by molar-refractivity contribution is 0.143. The molecule has 1 saturated heterocycles. The maximum absolute atomic E-state index is 12.5. The highest BCUT2D eigenvalue weighted by atomic mass is 32.2. The molecule has 0 aliphatic carbocycles. The molecule has 2 aromatic rings. The monoisotopic (exact) mass is 380 g/mol. The number of aromatic amines is 1. The summed E-state index contributed by atoms with van der Waals surface area (Å²) in [6.45, 7) is 3.47. The van der Waals surface area contributed by atoms with Crippen LogP contribution in [-0.4, -0.2) is 51.0 Å². The number of carbonyl (C=O) groups is 1. The van der Waals surface area contributed by atoms with Crippen molar-refractivity contribution in [2.45, 2.75) is 24.8 Å². The Bertz CT molecular complexity index is 888. The molecule has 0 saturated carbocycles. The van der Waals surface area contributed by atoms with Gasteiger partial charge in [-0.05, 0) is 38.1 Å². The van der Waals surface area contributed by atoms with E-state index in [0.29, 0.717) is 22.8 Å². The summed E-state index contributed by atoms with van der Waals surface area (Å²) in [6.07, 6.45) is -1.11. The fourth-order valence-electron chi connectivity index (χ4n) is 2.81. The largest absolute Gasteiger partial charge is 0.497 e. The van der Waals surface area contributed by atoms with Crippen molar-refractivity contribution in [1.82, 2.24) is 14.9 Å². The third-order valence-corrected chi connectivity index (χ3v) is 5.77. The molecule has 140 valence electrons. The summed E-state index contributed by atoms with van der Waals surface area (Å²) in [5.74, 6) is 0.677. The highest BCUT2D eigenvalue weighted by Gasteiger charge is 2.33. The highest BCUT2D eigenvalue weighted by Crippen LogP contribution is 2.24. The molecule has 10 heteroatoms. The van der Waals surface area contributed by atoms with Gasteiger partial charge in [-0.1, -0.05) is 0 Å². The first-order chi connectivity index (χ1) is 12.3. The van der Waals surface area contributed by atoms with Crippen molar-refractivity contribution in [3.8, 4) is 5.75 Å². The summed E-state index contributed by atoms with van der Waals surface area (Å²) in [7, 11) is -2.18. The number of H-pyrrole nitrogens is 1. The molecule has 1 aliphatic heterocycles. The Kier molecular flexibility index (Phi) is 4.88. The van der Waals surface area contributed by atoms with Crippen molar-refractivity contribution in [1.29, 1.82) is 0 Å². The predicted molar refractivity (Wildman–Crippen MR) is 93.9 cm³/mol. The van der Waals surface area contributed by atoms with Crippen LogP contribution in [0.2, 0.25) is 0 Å². The molecule has 26 heavy (non-hydrogen) atoms. The standard InChI is InChI=1S/C16H20N4O5S/c1-10-15(11(2)19-18-10)26(22,23)17-8-14-9-20(16(21)25-14)12-4-6-13(24-3)7-5-12/h4-7,14,17H,8-9H2,1-3H3,(H,18,19). The smallest absolute Gasteiger partial charge is 0.414 e. The average Bonchev–Trinajstić information content (AvgIpc) is 3.15. The van der Waals surface area contributed by atoms with Crippen LogP contribution >= 0.6 is 0 Å². The van der Waals surface area contributed by atoms with Gasteiger partial charge in [0.1, 0.15) is 16.7 Å². The van der Waals surface area contributed by atoms with Crippen LogP contribution in [0.25, 0.3) is 0 Å². The zero-order valence-electron chi connectivity index (χ0n) is 14.6. The summed E-state index contributed by atoms with van der Waals surface area (Å²) >= 11 is 0. The lowest BCUT2D eigenvalue weighted by Gasteiger charge is -2.13. The molecule has 1 amide bonds. The van der Waals surface area contributed by atoms with Gasteiger partial charge in [0.2, 0.25) is 10.0 Å². The van der Waals surface area contributed by atoms with Gasteiger partial charge in [-0.15, -0.1) is 0 Å². The second-order valence-corrected chi connectivity index (χ2v) is 7.63. The number of amides is 1. The van der Waals surface area contributed by atoms with Gasteiger partial charge in [-0.25, -0.2) is 17.9 Å². The fraction of sp³-hybridized carbons (Fsp3) is 0.375. The number of rotatable bonds is 6. The number of cyclic esters (lactones) is 1. The average molecular weight is 380 g/mol. The Morgan fingerprint density at radius 1 is 1.35 bits per heavy atom. The zero-order valence-corrected chi connectivity index (χ0v) is 15.5. The molecular weight excluding hydrogens is 360 g/mol. The van der Waals surface area contributed by atoms with Crippen LogP contribution in [0, 0.1) is 13.8 Å². The summed E-state index contributed by atoms with van der Waals surface area (Å²) in [5.41, 5.74) is 1.50. The Morgan fingerprint density at radius 2 is 2.04 bits per heavy atom. The third-order valence-electron chi connectivity index (χ3n) is 4.09. The van der Waals surface area contributed by atoms with Crippen molar-refractivity contribution >= 4 is 21.8 Å². The van der Waals surface area contributed by atoms with E-state index >= 15 is 0 Å². The first kappa shape index (κ1) is 18.2. The Hall–Kier alpha value is -2.59. The third kappa shape index (κ3) is 3.51. The van der Waals surface area contributed by atoms with E-state index in [-0.39, 0.29) is 18.0 Å². The minimum absolute atomic E-state index is 0.0230. The number of ether oxygens (including phenoxy) is 2. The first-order valence-electron chi connectivity index (χ1n) is 7.95. The molecular formula is C16H20N4O5S. The van der Waals surface area contributed by atoms with Gasteiger partial charge in [-0.3, -0.25) is 10.00 Å². The lowest BCUT2D eigenvalue weighted by Crippen LogP contribution is -2.35. The number of sulfonamides is 1. The number of aryl methyl sites for hydroxylation is 2. The number of benzene rings is 1. The molecule has 2 N–H and O–H groups in total. The minimum Gasteiger partial charge on any atom is -0.497 e. The number of aromatic nitrogens is 2.